The lowest BCUT2D eigenvalue weighted by Crippen LogP contribution is -2.47. The number of aliphatic hydroxyl groups excluding tert-OH is 1. The smallest absolute Gasteiger partial charge is 0.241 e. The number of carbonyl (C=O) groups is 1. The Morgan fingerprint density at radius 2 is 1.45 bits per heavy atom. The molecule has 0 bridgehead atoms. The average molecular weight is 843 g/mol. The van der Waals surface area contributed by atoms with Gasteiger partial charge in [0.2, 0.25) is 15.9 Å². The Kier molecular flexibility index (Phi) is 14.2. The van der Waals surface area contributed by atoms with E-state index in [-0.39, 0.29) is 42.6 Å². The van der Waals surface area contributed by atoms with E-state index in [4.69, 9.17) is 14.2 Å². The highest BCUT2D eigenvalue weighted by atomic mass is 32.2. The zero-order valence-electron chi connectivity index (χ0n) is 33.9. The van der Waals surface area contributed by atoms with Gasteiger partial charge >= 0.3 is 0 Å². The number of para-hydroxylation sites is 1. The number of benzene rings is 6. The van der Waals surface area contributed by atoms with Crippen molar-refractivity contribution < 1.29 is 32.5 Å². The number of aliphatic hydroxyl groups is 1. The SMILES string of the molecule is COc1ccccc1SC[C@H]1O[C@@H](c2ccc(-c3cccc(CNC(=O)[C@@H](Cc4ccccc4)NS(=O)(=O)c4ccc(C)cc4)c3)cc2)O[C@@H](c2ccc(CO)cc2)[C@H]1C. The van der Waals surface area contributed by atoms with E-state index in [9.17, 15) is 18.3 Å². The van der Waals surface area contributed by atoms with Crippen LogP contribution in [0, 0.1) is 12.8 Å². The Morgan fingerprint density at radius 1 is 0.767 bits per heavy atom. The van der Waals surface area contributed by atoms with Crippen LogP contribution in [-0.4, -0.2) is 44.4 Å². The van der Waals surface area contributed by atoms with Crippen LogP contribution in [0.25, 0.3) is 11.1 Å². The van der Waals surface area contributed by atoms with E-state index in [1.807, 2.05) is 128 Å². The third-order valence-electron chi connectivity index (χ3n) is 10.7. The predicted molar refractivity (Wildman–Crippen MR) is 236 cm³/mol. The number of nitrogens with one attached hydrogen (secondary N) is 2. The van der Waals surface area contributed by atoms with Crippen LogP contribution in [0.1, 0.15) is 52.7 Å². The third kappa shape index (κ3) is 10.7. The number of rotatable bonds is 16. The second-order valence-electron chi connectivity index (χ2n) is 15.0. The minimum Gasteiger partial charge on any atom is -0.496 e. The fourth-order valence-corrected chi connectivity index (χ4v) is 9.63. The van der Waals surface area contributed by atoms with Gasteiger partial charge in [-0.1, -0.05) is 134 Å². The molecule has 0 aromatic heterocycles. The van der Waals surface area contributed by atoms with E-state index < -0.39 is 28.3 Å². The minimum absolute atomic E-state index is 0.0245. The normalized spacial score (nSPS) is 18.4. The first kappa shape index (κ1) is 42.8. The molecular formula is C49H50N2O7S2. The van der Waals surface area contributed by atoms with Crippen LogP contribution < -0.4 is 14.8 Å². The van der Waals surface area contributed by atoms with Gasteiger partial charge in [-0.15, -0.1) is 11.8 Å². The fraction of sp³-hybridized carbons (Fsp3) is 0.245. The monoisotopic (exact) mass is 842 g/mol. The zero-order valence-corrected chi connectivity index (χ0v) is 35.5. The third-order valence-corrected chi connectivity index (χ3v) is 13.4. The molecule has 0 radical (unpaired) electrons. The molecule has 1 fully saturated rings. The number of thioether (sulfide) groups is 1. The van der Waals surface area contributed by atoms with E-state index >= 15 is 0 Å². The lowest BCUT2D eigenvalue weighted by Gasteiger charge is -2.41. The van der Waals surface area contributed by atoms with E-state index in [2.05, 4.69) is 23.0 Å². The van der Waals surface area contributed by atoms with Crippen molar-refractivity contribution in [2.75, 3.05) is 12.9 Å². The molecule has 1 heterocycles. The molecule has 9 nitrogen and oxygen atoms in total. The summed E-state index contributed by atoms with van der Waals surface area (Å²) in [7, 11) is -2.29. The van der Waals surface area contributed by atoms with Crippen LogP contribution in [0.3, 0.4) is 0 Å². The summed E-state index contributed by atoms with van der Waals surface area (Å²) in [4.78, 5) is 14.8. The Balaban J connectivity index is 1.05. The number of methoxy groups -OCH3 is 1. The van der Waals surface area contributed by atoms with E-state index in [0.717, 1.165) is 55.2 Å². The zero-order chi connectivity index (χ0) is 42.1. The Hall–Kier alpha value is -5.27. The van der Waals surface area contributed by atoms with Gasteiger partial charge in [-0.2, -0.15) is 4.72 Å². The van der Waals surface area contributed by atoms with Crippen molar-refractivity contribution in [2.45, 2.75) is 67.8 Å². The minimum atomic E-state index is -3.96. The van der Waals surface area contributed by atoms with Crippen LogP contribution in [0.4, 0.5) is 0 Å². The molecule has 3 N–H and O–H groups in total. The predicted octanol–water partition coefficient (Wildman–Crippen LogP) is 8.95. The Morgan fingerprint density at radius 3 is 2.17 bits per heavy atom. The van der Waals surface area contributed by atoms with Gasteiger partial charge < -0.3 is 24.6 Å². The maximum atomic E-state index is 13.7. The van der Waals surface area contributed by atoms with Gasteiger partial charge in [0, 0.05) is 28.7 Å². The highest BCUT2D eigenvalue weighted by Gasteiger charge is 2.38. The van der Waals surface area contributed by atoms with Crippen molar-refractivity contribution in [3.05, 3.63) is 185 Å². The van der Waals surface area contributed by atoms with Crippen molar-refractivity contribution in [3.8, 4) is 16.9 Å². The summed E-state index contributed by atoms with van der Waals surface area (Å²) in [6.45, 7) is 4.22. The molecule has 11 heteroatoms. The molecule has 1 aliphatic heterocycles. The number of carbonyl (C=O) groups excluding carboxylic acids is 1. The molecule has 0 spiro atoms. The first-order chi connectivity index (χ1) is 29.1. The van der Waals surface area contributed by atoms with Gasteiger partial charge in [0.15, 0.2) is 6.29 Å². The molecule has 7 rings (SSSR count). The molecule has 0 saturated carbocycles. The molecule has 1 amide bonds. The van der Waals surface area contributed by atoms with Crippen molar-refractivity contribution in [1.29, 1.82) is 0 Å². The quantitative estimate of drug-likeness (QED) is 0.0826. The summed E-state index contributed by atoms with van der Waals surface area (Å²) in [6, 6.07) is 46.8. The van der Waals surface area contributed by atoms with Crippen molar-refractivity contribution in [2.24, 2.45) is 5.92 Å². The lowest BCUT2D eigenvalue weighted by atomic mass is 9.91. The molecule has 1 saturated heterocycles. The van der Waals surface area contributed by atoms with Crippen LogP contribution in [0.5, 0.6) is 5.75 Å². The summed E-state index contributed by atoms with van der Waals surface area (Å²) in [5.41, 5.74) is 7.32. The maximum absolute atomic E-state index is 13.7. The average Bonchev–Trinajstić information content (AvgIpc) is 3.28. The van der Waals surface area contributed by atoms with Crippen molar-refractivity contribution >= 4 is 27.7 Å². The summed E-state index contributed by atoms with van der Waals surface area (Å²) in [6.07, 6.45) is -0.806. The van der Waals surface area contributed by atoms with Gasteiger partial charge in [0.1, 0.15) is 11.8 Å². The number of hydrogen-bond donors (Lipinski definition) is 3. The number of hydrogen-bond acceptors (Lipinski definition) is 8. The molecule has 6 aromatic carbocycles. The molecule has 6 aromatic rings. The summed E-state index contributed by atoms with van der Waals surface area (Å²) in [5, 5.41) is 12.6. The molecule has 310 valence electrons. The van der Waals surface area contributed by atoms with E-state index in [1.54, 1.807) is 43.1 Å². The molecular weight excluding hydrogens is 793 g/mol. The topological polar surface area (TPSA) is 123 Å². The van der Waals surface area contributed by atoms with Gasteiger partial charge in [-0.3, -0.25) is 4.79 Å². The summed E-state index contributed by atoms with van der Waals surface area (Å²) < 4.78 is 48.4. The van der Waals surface area contributed by atoms with Crippen LogP contribution in [0.2, 0.25) is 0 Å². The summed E-state index contributed by atoms with van der Waals surface area (Å²) in [5.74, 6) is 1.13. The molecule has 0 unspecified atom stereocenters. The maximum Gasteiger partial charge on any atom is 0.241 e. The highest BCUT2D eigenvalue weighted by molar-refractivity contribution is 7.99. The number of sulfonamides is 1. The molecule has 0 aliphatic carbocycles. The van der Waals surface area contributed by atoms with E-state index in [0.29, 0.717) is 5.75 Å². The Bertz CT molecular complexity index is 2450. The first-order valence-corrected chi connectivity index (χ1v) is 22.4. The van der Waals surface area contributed by atoms with Crippen LogP contribution in [-0.2, 0) is 43.9 Å². The molecule has 60 heavy (non-hydrogen) atoms. The highest BCUT2D eigenvalue weighted by Crippen LogP contribution is 2.44. The first-order valence-electron chi connectivity index (χ1n) is 20.0. The second-order valence-corrected chi connectivity index (χ2v) is 17.8. The van der Waals surface area contributed by atoms with Gasteiger partial charge in [-0.05, 0) is 77.1 Å². The largest absolute Gasteiger partial charge is 0.496 e. The van der Waals surface area contributed by atoms with Crippen LogP contribution >= 0.6 is 11.8 Å². The number of aryl methyl sites for hydroxylation is 1. The number of amides is 1. The fourth-order valence-electron chi connectivity index (χ4n) is 7.24. The standard InChI is InChI=1S/C49H50N2O7S2/c1-33-16-26-42(27-17-33)60(54,55)51-43(29-35-10-5-4-6-11-35)48(53)50-30-37-12-9-13-41(28-37)38-22-24-40(25-23-38)49-57-45(32-59-46-15-8-7-14-44(46)56-3)34(2)47(58-49)39-20-18-36(31-52)19-21-39/h4-28,34,43,45,47,49,51-52H,29-32H2,1-3H3,(H,50,53)/t34-,43+,45+,47+,49+/m0/s1. The van der Waals surface area contributed by atoms with Gasteiger partial charge in [0.25, 0.3) is 0 Å². The Labute approximate surface area is 357 Å². The van der Waals surface area contributed by atoms with Crippen LogP contribution in [0.15, 0.2) is 161 Å². The molecule has 5 atom stereocenters. The molecule has 1 aliphatic rings. The lowest BCUT2D eigenvalue weighted by molar-refractivity contribution is -0.268. The van der Waals surface area contributed by atoms with E-state index in [1.165, 1.54) is 0 Å². The van der Waals surface area contributed by atoms with Gasteiger partial charge in [0.05, 0.1) is 30.8 Å². The van der Waals surface area contributed by atoms with Crippen molar-refractivity contribution in [1.82, 2.24) is 10.0 Å². The van der Waals surface area contributed by atoms with Gasteiger partial charge in [-0.25, -0.2) is 8.42 Å². The summed E-state index contributed by atoms with van der Waals surface area (Å²) >= 11 is 1.70. The number of ether oxygens (including phenoxy) is 3. The van der Waals surface area contributed by atoms with Crippen molar-refractivity contribution in [3.63, 3.8) is 0 Å². The second kappa shape index (κ2) is 19.9.